The molecule has 1 aromatic heterocycles. The topological polar surface area (TPSA) is 12.9 Å². The maximum atomic E-state index is 4.63. The number of fused-ring (bicyclic) bond motifs is 1. The number of benzene rings is 6. The van der Waals surface area contributed by atoms with Crippen LogP contribution in [0, 0.1) is 0 Å². The quantitative estimate of drug-likeness (QED) is 0.263. The zero-order valence-corrected chi connectivity index (χ0v) is 17.4. The van der Waals surface area contributed by atoms with E-state index in [-0.39, 0.29) is 0 Å². The van der Waals surface area contributed by atoms with Crippen LogP contribution in [0.1, 0.15) is 0 Å². The average molecular weight is 406 g/mol. The summed E-state index contributed by atoms with van der Waals surface area (Å²) in [6, 6.07) is 39.5. The molecule has 0 aliphatic rings. The van der Waals surface area contributed by atoms with Crippen molar-refractivity contribution in [2.24, 2.45) is 0 Å². The smallest absolute Gasteiger partial charge is 0.0708 e. The maximum absolute atomic E-state index is 4.63. The highest BCUT2D eigenvalue weighted by Crippen LogP contribution is 2.42. The van der Waals surface area contributed by atoms with E-state index in [1.165, 1.54) is 59.8 Å². The van der Waals surface area contributed by atoms with Gasteiger partial charge in [0.05, 0.1) is 5.69 Å². The Morgan fingerprint density at radius 1 is 0.438 bits per heavy atom. The summed E-state index contributed by atoms with van der Waals surface area (Å²) in [5.41, 5.74) is 4.73. The van der Waals surface area contributed by atoms with Crippen LogP contribution < -0.4 is 0 Å². The highest BCUT2D eigenvalue weighted by atomic mass is 14.7. The first-order valence-corrected chi connectivity index (χ1v) is 11.0. The van der Waals surface area contributed by atoms with Crippen LogP contribution in [0.5, 0.6) is 0 Å². The Morgan fingerprint density at radius 2 is 1.06 bits per heavy atom. The molecule has 0 bridgehead atoms. The maximum Gasteiger partial charge on any atom is 0.0708 e. The highest BCUT2D eigenvalue weighted by Gasteiger charge is 2.15. The molecule has 0 unspecified atom stereocenters. The third-order valence-corrected chi connectivity index (χ3v) is 6.67. The molecule has 7 rings (SSSR count). The van der Waals surface area contributed by atoms with Crippen molar-refractivity contribution in [1.29, 1.82) is 0 Å². The molecular formula is C31H19N. The van der Waals surface area contributed by atoms with Gasteiger partial charge in [-0.2, -0.15) is 0 Å². The lowest BCUT2D eigenvalue weighted by atomic mass is 9.87. The third-order valence-electron chi connectivity index (χ3n) is 6.67. The van der Waals surface area contributed by atoms with Crippen molar-refractivity contribution in [3.63, 3.8) is 0 Å². The fraction of sp³-hybridized carbons (Fsp3) is 0. The van der Waals surface area contributed by atoms with Crippen molar-refractivity contribution < 1.29 is 0 Å². The molecule has 0 aliphatic heterocycles. The second kappa shape index (κ2) is 6.63. The summed E-state index contributed by atoms with van der Waals surface area (Å²) >= 11 is 0. The van der Waals surface area contributed by atoms with E-state index in [1.54, 1.807) is 0 Å². The molecule has 0 N–H and O–H groups in total. The Kier molecular flexibility index (Phi) is 3.62. The summed E-state index contributed by atoms with van der Waals surface area (Å²) in [6.07, 6.45) is 1.87. The monoisotopic (exact) mass is 405 g/mol. The minimum atomic E-state index is 1.01. The van der Waals surface area contributed by atoms with E-state index >= 15 is 0 Å². The van der Waals surface area contributed by atoms with Gasteiger partial charge in [0.1, 0.15) is 0 Å². The molecule has 6 aromatic carbocycles. The van der Waals surface area contributed by atoms with Crippen molar-refractivity contribution in [3.05, 3.63) is 115 Å². The van der Waals surface area contributed by atoms with Crippen molar-refractivity contribution in [2.45, 2.75) is 0 Å². The van der Waals surface area contributed by atoms with Crippen molar-refractivity contribution >= 4 is 43.1 Å². The molecule has 32 heavy (non-hydrogen) atoms. The van der Waals surface area contributed by atoms with Gasteiger partial charge >= 0.3 is 0 Å². The number of rotatable bonds is 2. The Labute approximate surface area is 185 Å². The van der Waals surface area contributed by atoms with Crippen LogP contribution in [0.2, 0.25) is 0 Å². The average Bonchev–Trinajstić information content (AvgIpc) is 2.87. The SMILES string of the molecule is c1ccc(-c2ccc3ccc4c(-c5ccc6ccccc6c5)ccc5ccc2c3c54)nc1. The fourth-order valence-electron chi connectivity index (χ4n) is 5.16. The van der Waals surface area contributed by atoms with Crippen LogP contribution in [0.25, 0.3) is 65.5 Å². The highest BCUT2D eigenvalue weighted by molar-refractivity contribution is 6.27. The van der Waals surface area contributed by atoms with Crippen LogP contribution in [0.15, 0.2) is 115 Å². The second-order valence-corrected chi connectivity index (χ2v) is 8.43. The van der Waals surface area contributed by atoms with Gasteiger partial charge in [-0.1, -0.05) is 91.0 Å². The number of aromatic nitrogens is 1. The predicted octanol–water partition coefficient (Wildman–Crippen LogP) is 8.47. The summed E-state index contributed by atoms with van der Waals surface area (Å²) in [5.74, 6) is 0. The largest absolute Gasteiger partial charge is 0.256 e. The first kappa shape index (κ1) is 17.5. The lowest BCUT2D eigenvalue weighted by Crippen LogP contribution is -1.90. The Balaban J connectivity index is 1.57. The van der Waals surface area contributed by atoms with Gasteiger partial charge in [-0.05, 0) is 72.4 Å². The molecular weight excluding hydrogens is 386 g/mol. The second-order valence-electron chi connectivity index (χ2n) is 8.43. The van der Waals surface area contributed by atoms with Crippen molar-refractivity contribution in [3.8, 4) is 22.4 Å². The van der Waals surface area contributed by atoms with E-state index in [9.17, 15) is 0 Å². The van der Waals surface area contributed by atoms with E-state index in [0.717, 1.165) is 5.69 Å². The fourth-order valence-corrected chi connectivity index (χ4v) is 5.16. The van der Waals surface area contributed by atoms with E-state index in [2.05, 4.69) is 108 Å². The van der Waals surface area contributed by atoms with Gasteiger partial charge in [0.2, 0.25) is 0 Å². The standard InChI is InChI=1S/C31H19N/c1-2-6-23-19-24(9-8-20(23)5-1)25-14-10-21-13-17-28-26(29-7-3-4-18-32-29)15-11-22-12-16-27(25)30(21)31(22)28/h1-19H. The molecule has 1 heterocycles. The molecule has 0 amide bonds. The van der Waals surface area contributed by atoms with Gasteiger partial charge in [0.25, 0.3) is 0 Å². The molecule has 0 fully saturated rings. The minimum Gasteiger partial charge on any atom is -0.256 e. The van der Waals surface area contributed by atoms with E-state index in [4.69, 9.17) is 0 Å². The number of nitrogens with zero attached hydrogens (tertiary/aromatic N) is 1. The number of pyridine rings is 1. The summed E-state index contributed by atoms with van der Waals surface area (Å²) in [7, 11) is 0. The summed E-state index contributed by atoms with van der Waals surface area (Å²) in [4.78, 5) is 4.63. The van der Waals surface area contributed by atoms with E-state index < -0.39 is 0 Å². The molecule has 1 nitrogen and oxygen atoms in total. The van der Waals surface area contributed by atoms with Crippen LogP contribution in [-0.4, -0.2) is 4.98 Å². The summed E-state index contributed by atoms with van der Waals surface area (Å²) in [5, 5.41) is 10.3. The lowest BCUT2D eigenvalue weighted by Gasteiger charge is -2.16. The first-order chi connectivity index (χ1) is 15.9. The zero-order valence-electron chi connectivity index (χ0n) is 17.4. The number of hydrogen-bond donors (Lipinski definition) is 0. The summed E-state index contributed by atoms with van der Waals surface area (Å²) < 4.78 is 0. The van der Waals surface area contributed by atoms with Gasteiger partial charge < -0.3 is 0 Å². The molecule has 0 radical (unpaired) electrons. The lowest BCUT2D eigenvalue weighted by molar-refractivity contribution is 1.33. The van der Waals surface area contributed by atoms with Gasteiger partial charge in [0.15, 0.2) is 0 Å². The molecule has 0 saturated heterocycles. The molecule has 7 aromatic rings. The molecule has 0 saturated carbocycles. The molecule has 0 spiro atoms. The van der Waals surface area contributed by atoms with Crippen LogP contribution in [0.3, 0.4) is 0 Å². The molecule has 0 atom stereocenters. The summed E-state index contributed by atoms with van der Waals surface area (Å²) in [6.45, 7) is 0. The number of hydrogen-bond acceptors (Lipinski definition) is 1. The van der Waals surface area contributed by atoms with E-state index in [0.29, 0.717) is 0 Å². The molecule has 1 heteroatoms. The van der Waals surface area contributed by atoms with Gasteiger partial charge in [-0.15, -0.1) is 0 Å². The van der Waals surface area contributed by atoms with Crippen LogP contribution in [-0.2, 0) is 0 Å². The zero-order chi connectivity index (χ0) is 21.1. The minimum absolute atomic E-state index is 1.01. The van der Waals surface area contributed by atoms with Gasteiger partial charge in [-0.3, -0.25) is 4.98 Å². The van der Waals surface area contributed by atoms with Crippen LogP contribution >= 0.6 is 0 Å². The molecule has 0 aliphatic carbocycles. The van der Waals surface area contributed by atoms with Gasteiger partial charge in [-0.25, -0.2) is 0 Å². The van der Waals surface area contributed by atoms with Crippen LogP contribution in [0.4, 0.5) is 0 Å². The normalized spacial score (nSPS) is 11.8. The predicted molar refractivity (Wildman–Crippen MR) is 136 cm³/mol. The third kappa shape index (κ3) is 2.48. The van der Waals surface area contributed by atoms with Crippen molar-refractivity contribution in [1.82, 2.24) is 4.98 Å². The first-order valence-electron chi connectivity index (χ1n) is 11.0. The molecule has 148 valence electrons. The van der Waals surface area contributed by atoms with Crippen molar-refractivity contribution in [2.75, 3.05) is 0 Å². The Morgan fingerprint density at radius 3 is 1.81 bits per heavy atom. The van der Waals surface area contributed by atoms with E-state index in [1.807, 2.05) is 12.3 Å². The Hall–Kier alpha value is -4.23. The van der Waals surface area contributed by atoms with Gasteiger partial charge in [0, 0.05) is 11.8 Å². The Bertz CT molecular complexity index is 1760.